The lowest BCUT2D eigenvalue weighted by Gasteiger charge is -2.16. The van der Waals surface area contributed by atoms with Crippen LogP contribution in [0.15, 0.2) is 0 Å². The van der Waals surface area contributed by atoms with Crippen molar-refractivity contribution >= 4 is 17.8 Å². The zero-order valence-corrected chi connectivity index (χ0v) is 11.1. The molecule has 2 amide bonds. The van der Waals surface area contributed by atoms with Gasteiger partial charge in [-0.25, -0.2) is 0 Å². The fourth-order valence-corrected chi connectivity index (χ4v) is 1.37. The molecule has 0 saturated carbocycles. The van der Waals surface area contributed by atoms with Crippen molar-refractivity contribution in [1.82, 2.24) is 5.32 Å². The highest BCUT2D eigenvalue weighted by Crippen LogP contribution is 2.05. The first kappa shape index (κ1) is 16.9. The second-order valence-electron chi connectivity index (χ2n) is 4.09. The molecule has 0 aromatic carbocycles. The van der Waals surface area contributed by atoms with E-state index in [4.69, 9.17) is 11.0 Å². The third-order valence-corrected chi connectivity index (χ3v) is 2.35. The smallest absolute Gasteiger partial charge is 0.306 e. The van der Waals surface area contributed by atoms with Crippen molar-refractivity contribution in [2.45, 2.75) is 39.2 Å². The molecule has 19 heavy (non-hydrogen) atoms. The molecule has 106 valence electrons. The third kappa shape index (κ3) is 7.76. The number of nitriles is 1. The summed E-state index contributed by atoms with van der Waals surface area (Å²) in [5, 5.41) is 11.1. The normalized spacial score (nSPS) is 12.9. The molecule has 0 rings (SSSR count). The number of esters is 1. The maximum Gasteiger partial charge on any atom is 0.306 e. The van der Waals surface area contributed by atoms with E-state index in [1.807, 2.05) is 6.07 Å². The summed E-state index contributed by atoms with van der Waals surface area (Å²) in [4.78, 5) is 33.7. The molecule has 0 aliphatic heterocycles. The number of carbonyl (C=O) groups excluding carboxylic acids is 3. The van der Waals surface area contributed by atoms with E-state index in [1.54, 1.807) is 13.8 Å². The Kier molecular flexibility index (Phi) is 7.93. The molecule has 7 heteroatoms. The lowest BCUT2D eigenvalue weighted by molar-refractivity contribution is -0.144. The quantitative estimate of drug-likeness (QED) is 0.593. The highest BCUT2D eigenvalue weighted by molar-refractivity contribution is 5.87. The molecule has 0 spiro atoms. The Labute approximate surface area is 112 Å². The highest BCUT2D eigenvalue weighted by atomic mass is 16.5. The van der Waals surface area contributed by atoms with Crippen molar-refractivity contribution in [1.29, 1.82) is 5.26 Å². The van der Waals surface area contributed by atoms with Gasteiger partial charge in [-0.1, -0.05) is 0 Å². The van der Waals surface area contributed by atoms with Crippen LogP contribution in [-0.2, 0) is 19.1 Å². The van der Waals surface area contributed by atoms with E-state index in [1.165, 1.54) is 0 Å². The SMILES string of the molecule is CCOC(=O)CCC(=O)N[C@@H](C[C@H](C)C#N)C(N)=O. The van der Waals surface area contributed by atoms with E-state index in [0.717, 1.165) is 0 Å². The summed E-state index contributed by atoms with van der Waals surface area (Å²) in [6.45, 7) is 3.55. The predicted octanol–water partition coefficient (Wildman–Crippen LogP) is -0.150. The predicted molar refractivity (Wildman–Crippen MR) is 66.4 cm³/mol. The van der Waals surface area contributed by atoms with Crippen molar-refractivity contribution in [3.63, 3.8) is 0 Å². The van der Waals surface area contributed by atoms with Crippen LogP contribution in [-0.4, -0.2) is 30.4 Å². The molecule has 0 aliphatic carbocycles. The molecule has 3 N–H and O–H groups in total. The van der Waals surface area contributed by atoms with Crippen molar-refractivity contribution < 1.29 is 19.1 Å². The minimum atomic E-state index is -0.899. The Morgan fingerprint density at radius 1 is 1.37 bits per heavy atom. The molecule has 2 atom stereocenters. The van der Waals surface area contributed by atoms with Gasteiger partial charge in [-0.3, -0.25) is 14.4 Å². The number of nitrogens with one attached hydrogen (secondary N) is 1. The minimum Gasteiger partial charge on any atom is -0.466 e. The van der Waals surface area contributed by atoms with E-state index in [9.17, 15) is 14.4 Å². The molecule has 7 nitrogen and oxygen atoms in total. The van der Waals surface area contributed by atoms with Gasteiger partial charge in [0.15, 0.2) is 0 Å². The van der Waals surface area contributed by atoms with Crippen molar-refractivity contribution in [2.75, 3.05) is 6.61 Å². The maximum atomic E-state index is 11.5. The summed E-state index contributed by atoms with van der Waals surface area (Å²) < 4.78 is 4.67. The van der Waals surface area contributed by atoms with Crippen LogP contribution in [0.2, 0.25) is 0 Å². The zero-order chi connectivity index (χ0) is 14.8. The number of primary amides is 1. The molecule has 0 unspecified atom stereocenters. The molecule has 0 aliphatic rings. The highest BCUT2D eigenvalue weighted by Gasteiger charge is 2.21. The first-order chi connectivity index (χ1) is 8.90. The van der Waals surface area contributed by atoms with Crippen LogP contribution in [0, 0.1) is 17.2 Å². The van der Waals surface area contributed by atoms with Gasteiger partial charge in [0.05, 0.1) is 19.1 Å². The van der Waals surface area contributed by atoms with Crippen LogP contribution in [0.25, 0.3) is 0 Å². The summed E-state index contributed by atoms with van der Waals surface area (Å²) >= 11 is 0. The Bertz CT molecular complexity index is 376. The first-order valence-corrected chi connectivity index (χ1v) is 6.04. The summed E-state index contributed by atoms with van der Waals surface area (Å²) in [7, 11) is 0. The van der Waals surface area contributed by atoms with E-state index in [0.29, 0.717) is 0 Å². The Balaban J connectivity index is 4.22. The lowest BCUT2D eigenvalue weighted by atomic mass is 10.0. The van der Waals surface area contributed by atoms with Crippen LogP contribution in [0.1, 0.15) is 33.1 Å². The van der Waals surface area contributed by atoms with Gasteiger partial charge in [0.25, 0.3) is 0 Å². The molecule has 0 bridgehead atoms. The van der Waals surface area contributed by atoms with Gasteiger partial charge in [0.1, 0.15) is 6.04 Å². The minimum absolute atomic E-state index is 0.0566. The number of ether oxygens (including phenoxy) is 1. The van der Waals surface area contributed by atoms with E-state index < -0.39 is 29.7 Å². The van der Waals surface area contributed by atoms with Crippen LogP contribution in [0.4, 0.5) is 0 Å². The van der Waals surface area contributed by atoms with Crippen molar-refractivity contribution in [3.05, 3.63) is 0 Å². The third-order valence-electron chi connectivity index (χ3n) is 2.35. The van der Waals surface area contributed by atoms with Gasteiger partial charge in [0, 0.05) is 12.3 Å². The van der Waals surface area contributed by atoms with Gasteiger partial charge in [-0.15, -0.1) is 0 Å². The summed E-state index contributed by atoms with van der Waals surface area (Å²) in [6, 6.07) is 1.06. The number of hydrogen-bond acceptors (Lipinski definition) is 5. The maximum absolute atomic E-state index is 11.5. The number of rotatable bonds is 8. The standard InChI is InChI=1S/C12H19N3O4/c1-3-19-11(17)5-4-10(16)15-9(12(14)18)6-8(2)7-13/h8-9H,3-6H2,1-2H3,(H2,14,18)(H,15,16)/t8-,9-/m0/s1. The fourth-order valence-electron chi connectivity index (χ4n) is 1.37. The summed E-state index contributed by atoms with van der Waals surface area (Å²) in [6.07, 6.45) is 0.0134. The van der Waals surface area contributed by atoms with E-state index in [2.05, 4.69) is 10.1 Å². The molecule has 0 aromatic rings. The average molecular weight is 269 g/mol. The van der Waals surface area contributed by atoms with Crippen molar-refractivity contribution in [2.24, 2.45) is 11.7 Å². The Morgan fingerprint density at radius 2 is 2.00 bits per heavy atom. The second kappa shape index (κ2) is 8.91. The van der Waals surface area contributed by atoms with Crippen LogP contribution in [0.5, 0.6) is 0 Å². The van der Waals surface area contributed by atoms with Gasteiger partial charge in [0.2, 0.25) is 11.8 Å². The number of carbonyl (C=O) groups is 3. The molecule has 0 radical (unpaired) electrons. The van der Waals surface area contributed by atoms with Crippen LogP contribution < -0.4 is 11.1 Å². The monoisotopic (exact) mass is 269 g/mol. The lowest BCUT2D eigenvalue weighted by Crippen LogP contribution is -2.45. The largest absolute Gasteiger partial charge is 0.466 e. The number of nitrogens with two attached hydrogens (primary N) is 1. The number of amides is 2. The Hall–Kier alpha value is -2.10. The molecule has 0 aromatic heterocycles. The van der Waals surface area contributed by atoms with Crippen LogP contribution in [0.3, 0.4) is 0 Å². The topological polar surface area (TPSA) is 122 Å². The average Bonchev–Trinajstić information content (AvgIpc) is 2.35. The van der Waals surface area contributed by atoms with Gasteiger partial charge in [-0.05, 0) is 20.3 Å². The molecular weight excluding hydrogens is 250 g/mol. The van der Waals surface area contributed by atoms with E-state index in [-0.39, 0.29) is 25.9 Å². The molecular formula is C12H19N3O4. The van der Waals surface area contributed by atoms with Crippen LogP contribution >= 0.6 is 0 Å². The molecule has 0 heterocycles. The van der Waals surface area contributed by atoms with Gasteiger partial charge in [-0.2, -0.15) is 5.26 Å². The molecule has 0 fully saturated rings. The number of nitrogens with zero attached hydrogens (tertiary/aromatic N) is 1. The Morgan fingerprint density at radius 3 is 2.47 bits per heavy atom. The summed E-state index contributed by atoms with van der Waals surface area (Å²) in [5.74, 6) is -2.05. The van der Waals surface area contributed by atoms with Crippen molar-refractivity contribution in [3.8, 4) is 6.07 Å². The fraction of sp³-hybridized carbons (Fsp3) is 0.667. The first-order valence-electron chi connectivity index (χ1n) is 6.04. The van der Waals surface area contributed by atoms with Gasteiger partial charge >= 0.3 is 5.97 Å². The zero-order valence-electron chi connectivity index (χ0n) is 11.1. The summed E-state index contributed by atoms with van der Waals surface area (Å²) in [5.41, 5.74) is 5.14. The number of hydrogen-bond donors (Lipinski definition) is 2. The second-order valence-corrected chi connectivity index (χ2v) is 4.09. The molecule has 0 saturated heterocycles. The van der Waals surface area contributed by atoms with Gasteiger partial charge < -0.3 is 15.8 Å². The van der Waals surface area contributed by atoms with E-state index >= 15 is 0 Å².